The fourth-order valence-electron chi connectivity index (χ4n) is 4.82. The molecule has 0 fully saturated rings. The highest BCUT2D eigenvalue weighted by molar-refractivity contribution is 5.93. The maximum absolute atomic E-state index is 13.5. The lowest BCUT2D eigenvalue weighted by Crippen LogP contribution is -2.24. The van der Waals surface area contributed by atoms with Gasteiger partial charge in [-0.25, -0.2) is 0 Å². The number of benzene rings is 2. The van der Waals surface area contributed by atoms with Crippen LogP contribution in [0.5, 0.6) is 11.5 Å². The van der Waals surface area contributed by atoms with Crippen LogP contribution in [-0.2, 0) is 16.8 Å². The van der Waals surface area contributed by atoms with E-state index < -0.39 is 0 Å². The Morgan fingerprint density at radius 1 is 0.975 bits per heavy atom. The van der Waals surface area contributed by atoms with Crippen molar-refractivity contribution in [2.45, 2.75) is 77.7 Å². The quantitative estimate of drug-likeness (QED) is 0.225. The predicted molar refractivity (Wildman–Crippen MR) is 160 cm³/mol. The second-order valence-electron chi connectivity index (χ2n) is 11.1. The van der Waals surface area contributed by atoms with Gasteiger partial charge in [-0.2, -0.15) is 0 Å². The Morgan fingerprint density at radius 3 is 2.42 bits per heavy atom. The van der Waals surface area contributed by atoms with Crippen molar-refractivity contribution in [3.63, 3.8) is 0 Å². The fourth-order valence-corrected chi connectivity index (χ4v) is 4.82. The maximum atomic E-state index is 13.5. The summed E-state index contributed by atoms with van der Waals surface area (Å²) in [6.07, 6.45) is 6.06. The van der Waals surface area contributed by atoms with Crippen LogP contribution in [0.3, 0.4) is 0 Å². The molecule has 2 aromatic carbocycles. The average molecular weight is 546 g/mol. The van der Waals surface area contributed by atoms with Crippen LogP contribution in [-0.4, -0.2) is 31.0 Å². The van der Waals surface area contributed by atoms with Gasteiger partial charge in [0.1, 0.15) is 17.2 Å². The molecule has 3 aromatic rings. The van der Waals surface area contributed by atoms with E-state index in [-0.39, 0.29) is 23.1 Å². The first-order valence-corrected chi connectivity index (χ1v) is 14.0. The van der Waals surface area contributed by atoms with Crippen LogP contribution in [0.25, 0.3) is 0 Å². The molecule has 40 heavy (non-hydrogen) atoms. The van der Waals surface area contributed by atoms with E-state index in [2.05, 4.69) is 43.3 Å². The number of anilines is 1. The summed E-state index contributed by atoms with van der Waals surface area (Å²) in [5.74, 6) is 1.16. The van der Waals surface area contributed by atoms with Gasteiger partial charge in [-0.1, -0.05) is 71.2 Å². The highest BCUT2D eigenvalue weighted by Gasteiger charge is 2.23. The molecule has 214 valence electrons. The number of amides is 2. The molecule has 3 rings (SSSR count). The largest absolute Gasteiger partial charge is 0.497 e. The lowest BCUT2D eigenvalue weighted by atomic mass is 9.85. The minimum absolute atomic E-state index is 0.00587. The summed E-state index contributed by atoms with van der Waals surface area (Å²) in [4.78, 5) is 30.2. The Bertz CT molecular complexity index is 1270. The van der Waals surface area contributed by atoms with Crippen molar-refractivity contribution in [3.8, 4) is 11.5 Å². The average Bonchev–Trinajstić information content (AvgIpc) is 2.95. The summed E-state index contributed by atoms with van der Waals surface area (Å²) in [7, 11) is 3.28. The zero-order valence-electron chi connectivity index (χ0n) is 24.7. The van der Waals surface area contributed by atoms with Gasteiger partial charge in [0.05, 0.1) is 14.2 Å². The van der Waals surface area contributed by atoms with Crippen LogP contribution in [0.2, 0.25) is 0 Å². The summed E-state index contributed by atoms with van der Waals surface area (Å²) in [6.45, 7) is 8.86. The fraction of sp³-hybridized carbons (Fsp3) is 0.424. The zero-order valence-corrected chi connectivity index (χ0v) is 24.7. The van der Waals surface area contributed by atoms with Crippen LogP contribution in [0.15, 0.2) is 60.8 Å². The van der Waals surface area contributed by atoms with Crippen molar-refractivity contribution in [3.05, 3.63) is 83.2 Å². The molecule has 0 spiro atoms. The van der Waals surface area contributed by atoms with E-state index in [1.807, 2.05) is 36.4 Å². The highest BCUT2D eigenvalue weighted by atomic mass is 16.5. The molecule has 0 saturated carbocycles. The summed E-state index contributed by atoms with van der Waals surface area (Å²) in [5.41, 5.74) is 3.88. The van der Waals surface area contributed by atoms with Crippen LogP contribution >= 0.6 is 0 Å². The molecule has 2 amide bonds. The van der Waals surface area contributed by atoms with Crippen molar-refractivity contribution in [1.29, 1.82) is 0 Å². The molecule has 7 heteroatoms. The number of hydrogen-bond acceptors (Lipinski definition) is 5. The molecule has 2 N–H and O–H groups in total. The minimum Gasteiger partial charge on any atom is -0.497 e. The van der Waals surface area contributed by atoms with E-state index in [9.17, 15) is 9.59 Å². The lowest BCUT2D eigenvalue weighted by molar-refractivity contribution is -0.116. The van der Waals surface area contributed by atoms with Crippen molar-refractivity contribution in [1.82, 2.24) is 10.3 Å². The van der Waals surface area contributed by atoms with Gasteiger partial charge in [-0.3, -0.25) is 14.6 Å². The molecular weight excluding hydrogens is 502 g/mol. The lowest BCUT2D eigenvalue weighted by Gasteiger charge is -2.25. The molecule has 0 aliphatic heterocycles. The molecule has 1 unspecified atom stereocenters. The number of pyridine rings is 1. The van der Waals surface area contributed by atoms with Gasteiger partial charge in [-0.15, -0.1) is 0 Å². The third-order valence-electron chi connectivity index (χ3n) is 6.99. The number of nitrogens with one attached hydrogen (secondary N) is 2. The minimum atomic E-state index is -0.241. The van der Waals surface area contributed by atoms with Gasteiger partial charge < -0.3 is 20.1 Å². The summed E-state index contributed by atoms with van der Waals surface area (Å²) in [6, 6.07) is 17.0. The zero-order chi connectivity index (χ0) is 29.1. The molecule has 1 atom stereocenters. The molecule has 0 bridgehead atoms. The highest BCUT2D eigenvalue weighted by Crippen LogP contribution is 2.36. The van der Waals surface area contributed by atoms with Crippen LogP contribution in [0, 0.1) is 0 Å². The van der Waals surface area contributed by atoms with Crippen molar-refractivity contribution in [2.75, 3.05) is 19.5 Å². The first-order chi connectivity index (χ1) is 19.2. The van der Waals surface area contributed by atoms with Crippen molar-refractivity contribution in [2.24, 2.45) is 0 Å². The molecule has 0 saturated heterocycles. The summed E-state index contributed by atoms with van der Waals surface area (Å²) in [5, 5.41) is 6.12. The molecule has 7 nitrogen and oxygen atoms in total. The van der Waals surface area contributed by atoms with Gasteiger partial charge in [-0.05, 0) is 58.7 Å². The molecule has 0 aliphatic rings. The van der Waals surface area contributed by atoms with Gasteiger partial charge in [0.15, 0.2) is 0 Å². The number of ether oxygens (including phenoxy) is 2. The van der Waals surface area contributed by atoms with Crippen LogP contribution in [0.1, 0.15) is 92.9 Å². The monoisotopic (exact) mass is 545 g/mol. The topological polar surface area (TPSA) is 89.6 Å². The van der Waals surface area contributed by atoms with Gasteiger partial charge in [0.25, 0.3) is 5.91 Å². The third kappa shape index (κ3) is 8.57. The number of nitrogens with zero attached hydrogens (tertiary/aromatic N) is 1. The number of carbonyl (C=O) groups is 2. The molecule has 0 aliphatic carbocycles. The molecule has 1 heterocycles. The number of carbonyl (C=O) groups excluding carboxylic acids is 2. The first kappa shape index (κ1) is 30.7. The van der Waals surface area contributed by atoms with Crippen molar-refractivity contribution < 1.29 is 19.1 Å². The normalized spacial score (nSPS) is 11.9. The van der Waals surface area contributed by atoms with Crippen molar-refractivity contribution >= 4 is 17.5 Å². The Kier molecular flexibility index (Phi) is 11.1. The van der Waals surface area contributed by atoms with E-state index >= 15 is 0 Å². The Balaban J connectivity index is 1.81. The number of aromatic nitrogens is 1. The maximum Gasteiger partial charge on any atom is 0.270 e. The number of hydrogen-bond donors (Lipinski definition) is 2. The Labute approximate surface area is 238 Å². The molecular formula is C33H43N3O4. The summed E-state index contributed by atoms with van der Waals surface area (Å²) >= 11 is 0. The third-order valence-corrected chi connectivity index (χ3v) is 6.99. The van der Waals surface area contributed by atoms with E-state index in [1.165, 1.54) is 0 Å². The number of unbranched alkanes of at least 4 members (excludes halogenated alkanes) is 2. The molecule has 1 aromatic heterocycles. The van der Waals surface area contributed by atoms with Gasteiger partial charge in [0.2, 0.25) is 5.91 Å². The predicted octanol–water partition coefficient (Wildman–Crippen LogP) is 7.02. The van der Waals surface area contributed by atoms with Gasteiger partial charge >= 0.3 is 0 Å². The van der Waals surface area contributed by atoms with Crippen LogP contribution < -0.4 is 20.1 Å². The van der Waals surface area contributed by atoms with Gasteiger partial charge in [0, 0.05) is 30.9 Å². The van der Waals surface area contributed by atoms with Crippen LogP contribution in [0.4, 0.5) is 5.69 Å². The summed E-state index contributed by atoms with van der Waals surface area (Å²) < 4.78 is 11.1. The Hall–Kier alpha value is -3.87. The Morgan fingerprint density at radius 2 is 1.77 bits per heavy atom. The first-order valence-electron chi connectivity index (χ1n) is 14.0. The number of methoxy groups -OCH3 is 2. The second kappa shape index (κ2) is 14.5. The standard InChI is InChI=1S/C33H43N3O4/c1-7-8-9-12-24(26-16-15-25(39-5)21-30(26)40-6)20-31(37)36-29-19-23(14-17-27(29)33(2,3)4)22-35-32(38)28-13-10-11-18-34-28/h10-11,13-19,21,24H,7-9,12,20,22H2,1-6H3,(H,35,38)(H,36,37). The number of rotatable bonds is 13. The molecule has 0 radical (unpaired) electrons. The smallest absolute Gasteiger partial charge is 0.270 e. The van der Waals surface area contributed by atoms with E-state index in [0.29, 0.717) is 18.7 Å². The SMILES string of the molecule is CCCCCC(CC(=O)Nc1cc(CNC(=O)c2ccccn2)ccc1C(C)(C)C)c1ccc(OC)cc1OC. The van der Waals surface area contributed by atoms with E-state index in [0.717, 1.165) is 59.6 Å². The van der Waals surface area contributed by atoms with E-state index in [4.69, 9.17) is 9.47 Å². The van der Waals surface area contributed by atoms with E-state index in [1.54, 1.807) is 38.6 Å². The second-order valence-corrected chi connectivity index (χ2v) is 11.1.